The number of aryl methyl sites for hydroxylation is 2. The van der Waals surface area contributed by atoms with E-state index < -0.39 is 0 Å². The third kappa shape index (κ3) is 7.13. The zero-order chi connectivity index (χ0) is 38.2. The van der Waals surface area contributed by atoms with Crippen molar-refractivity contribution >= 4 is 50.8 Å². The first-order valence-corrected chi connectivity index (χ1v) is 20.1. The highest BCUT2D eigenvalue weighted by atomic mass is 16.6. The second-order valence-corrected chi connectivity index (χ2v) is 15.3. The monoisotopic (exact) mass is 755 g/mol. The van der Waals surface area contributed by atoms with Gasteiger partial charge >= 0.3 is 0 Å². The molecule has 4 aromatic heterocycles. The molecule has 6 heterocycles. The van der Waals surface area contributed by atoms with Gasteiger partial charge in [0.25, 0.3) is 0 Å². The molecular weight excluding hydrogens is 703 g/mol. The first-order chi connectivity index (χ1) is 27.4. The number of morpholine rings is 1. The number of ether oxygens (including phenoxy) is 3. The van der Waals surface area contributed by atoms with Crippen molar-refractivity contribution in [2.75, 3.05) is 69.1 Å². The molecule has 0 spiro atoms. The molecule has 292 valence electrons. The first-order valence-electron chi connectivity index (χ1n) is 20.1. The second-order valence-electron chi connectivity index (χ2n) is 15.3. The van der Waals surface area contributed by atoms with E-state index in [0.29, 0.717) is 25.3 Å². The molecule has 56 heavy (non-hydrogen) atoms. The minimum absolute atomic E-state index is 0.554. The number of fused-ring (bicyclic) bond motifs is 7. The maximum absolute atomic E-state index is 5.67. The van der Waals surface area contributed by atoms with Crippen molar-refractivity contribution < 1.29 is 14.2 Å². The van der Waals surface area contributed by atoms with Crippen LogP contribution in [0.5, 0.6) is 11.5 Å². The lowest BCUT2D eigenvalue weighted by Crippen LogP contribution is -2.36. The minimum Gasteiger partial charge on any atom is -0.486 e. The van der Waals surface area contributed by atoms with Gasteiger partial charge in [0.15, 0.2) is 11.5 Å². The van der Waals surface area contributed by atoms with Gasteiger partial charge < -0.3 is 49.5 Å². The molecule has 0 saturated carbocycles. The molecule has 1 fully saturated rings. The molecule has 2 atom stereocenters. The van der Waals surface area contributed by atoms with Crippen LogP contribution in [0.2, 0.25) is 0 Å². The summed E-state index contributed by atoms with van der Waals surface area (Å²) in [5.74, 6) is 3.30. The number of nitrogens with zero attached hydrogens (tertiary/aromatic N) is 5. The SMILES string of the molecule is CNC1CCc2c(c3ccc(Nc4ccc(N5CCOCC5)cc4)nc3n2C)C1.CNC1CCc2c(c3ccc(Nc4ccc5c(c4)OCCO5)nc3n2C)C1. The highest BCUT2D eigenvalue weighted by Gasteiger charge is 2.26. The Kier molecular flexibility index (Phi) is 10.2. The van der Waals surface area contributed by atoms with Crippen molar-refractivity contribution in [2.24, 2.45) is 14.1 Å². The number of nitrogens with one attached hydrogen (secondary N) is 4. The van der Waals surface area contributed by atoms with Crippen molar-refractivity contribution in [1.82, 2.24) is 29.7 Å². The third-order valence-electron chi connectivity index (χ3n) is 12.0. The van der Waals surface area contributed by atoms with Gasteiger partial charge in [0, 0.05) is 84.6 Å². The van der Waals surface area contributed by atoms with Gasteiger partial charge in [-0.25, -0.2) is 9.97 Å². The number of aromatic nitrogens is 4. The van der Waals surface area contributed by atoms with Crippen LogP contribution in [-0.4, -0.2) is 84.8 Å². The summed E-state index contributed by atoms with van der Waals surface area (Å²) in [5, 5.41) is 16.3. The Hall–Kier alpha value is -5.30. The van der Waals surface area contributed by atoms with Crippen molar-refractivity contribution in [2.45, 2.75) is 50.6 Å². The standard InChI is InChI=1S/C23H29N5O.C21H24N4O2/c1-24-17-5-9-21-20(15-17)19-8-10-22(26-23(19)27(21)2)25-16-3-6-18(7-4-16)28-11-13-29-14-12-28;1-22-13-3-6-17-16(11-13)15-5-8-20(24-21(15)25(17)2)23-14-4-7-18-19(12-14)27-10-9-26-18/h3-4,6-8,10,17,24H,5,9,11-15H2,1-2H3,(H,25,26);4-5,7-8,12-13,22H,3,6,9-11H2,1-2H3,(H,23,24). The lowest BCUT2D eigenvalue weighted by molar-refractivity contribution is 0.122. The fraction of sp³-hybridized carbons (Fsp3) is 0.409. The topological polar surface area (TPSA) is 115 Å². The van der Waals surface area contributed by atoms with Gasteiger partial charge in [0.1, 0.15) is 36.1 Å². The Bertz CT molecular complexity index is 2340. The molecule has 12 heteroatoms. The molecule has 10 rings (SSSR count). The van der Waals surface area contributed by atoms with E-state index in [0.717, 1.165) is 97.8 Å². The molecule has 12 nitrogen and oxygen atoms in total. The molecule has 0 radical (unpaired) electrons. The van der Waals surface area contributed by atoms with E-state index in [-0.39, 0.29) is 0 Å². The molecule has 6 aromatic rings. The lowest BCUT2D eigenvalue weighted by atomic mass is 9.92. The maximum atomic E-state index is 5.67. The summed E-state index contributed by atoms with van der Waals surface area (Å²) < 4.78 is 21.2. The van der Waals surface area contributed by atoms with Crippen LogP contribution >= 0.6 is 0 Å². The van der Waals surface area contributed by atoms with Gasteiger partial charge in [0.05, 0.1) is 13.2 Å². The molecule has 0 amide bonds. The highest BCUT2D eigenvalue weighted by molar-refractivity contribution is 5.86. The number of likely N-dealkylation sites (N-methyl/N-ethyl adjacent to an activating group) is 2. The maximum Gasteiger partial charge on any atom is 0.163 e. The van der Waals surface area contributed by atoms with Crippen LogP contribution in [0.3, 0.4) is 0 Å². The van der Waals surface area contributed by atoms with Crippen LogP contribution in [0.1, 0.15) is 35.4 Å². The predicted molar refractivity (Wildman–Crippen MR) is 225 cm³/mol. The summed E-state index contributed by atoms with van der Waals surface area (Å²) in [5.41, 5.74) is 11.1. The summed E-state index contributed by atoms with van der Waals surface area (Å²) in [6, 6.07) is 24.2. The molecule has 2 aliphatic heterocycles. The summed E-state index contributed by atoms with van der Waals surface area (Å²) in [6.07, 6.45) is 6.72. The van der Waals surface area contributed by atoms with Gasteiger partial charge in [-0.15, -0.1) is 0 Å². The molecular formula is C44H53N9O3. The zero-order valence-corrected chi connectivity index (χ0v) is 33.0. The van der Waals surface area contributed by atoms with E-state index in [2.05, 4.69) is 112 Å². The normalized spacial score (nSPS) is 18.9. The average molecular weight is 756 g/mol. The Morgan fingerprint density at radius 1 is 0.607 bits per heavy atom. The van der Waals surface area contributed by atoms with Crippen LogP contribution in [0.25, 0.3) is 22.1 Å². The van der Waals surface area contributed by atoms with E-state index in [1.165, 1.54) is 51.8 Å². The van der Waals surface area contributed by atoms with Gasteiger partial charge in [-0.3, -0.25) is 0 Å². The van der Waals surface area contributed by atoms with E-state index >= 15 is 0 Å². The number of rotatable bonds is 7. The van der Waals surface area contributed by atoms with Gasteiger partial charge in [-0.05, 0) is 124 Å². The molecule has 0 bridgehead atoms. The lowest BCUT2D eigenvalue weighted by Gasteiger charge is -2.28. The van der Waals surface area contributed by atoms with Crippen molar-refractivity contribution in [3.05, 3.63) is 89.2 Å². The fourth-order valence-electron chi connectivity index (χ4n) is 8.89. The van der Waals surface area contributed by atoms with E-state index in [4.69, 9.17) is 24.2 Å². The summed E-state index contributed by atoms with van der Waals surface area (Å²) in [7, 11) is 8.39. The number of anilines is 5. The summed E-state index contributed by atoms with van der Waals surface area (Å²) in [6.45, 7) is 4.71. The molecule has 4 N–H and O–H groups in total. The first kappa shape index (κ1) is 36.3. The smallest absolute Gasteiger partial charge is 0.163 e. The number of benzene rings is 2. The molecule has 4 aliphatic rings. The van der Waals surface area contributed by atoms with E-state index in [9.17, 15) is 0 Å². The zero-order valence-electron chi connectivity index (χ0n) is 33.0. The fourth-order valence-corrected chi connectivity index (χ4v) is 8.89. The van der Waals surface area contributed by atoms with Crippen molar-refractivity contribution in [3.8, 4) is 11.5 Å². The molecule has 2 unspecified atom stereocenters. The summed E-state index contributed by atoms with van der Waals surface area (Å²) >= 11 is 0. The number of pyridine rings is 2. The molecule has 2 aliphatic carbocycles. The predicted octanol–water partition coefficient (Wildman–Crippen LogP) is 6.40. The van der Waals surface area contributed by atoms with E-state index in [1.807, 2.05) is 18.2 Å². The third-order valence-corrected chi connectivity index (χ3v) is 12.0. The van der Waals surface area contributed by atoms with Crippen LogP contribution in [-0.2, 0) is 44.5 Å². The van der Waals surface area contributed by atoms with Gasteiger partial charge in [-0.1, -0.05) is 0 Å². The Morgan fingerprint density at radius 3 is 1.71 bits per heavy atom. The minimum atomic E-state index is 0.554. The number of hydrogen-bond donors (Lipinski definition) is 4. The Labute approximate surface area is 328 Å². The molecule has 1 saturated heterocycles. The van der Waals surface area contributed by atoms with Crippen LogP contribution in [0.4, 0.5) is 28.7 Å². The average Bonchev–Trinajstić information content (AvgIpc) is 3.69. The van der Waals surface area contributed by atoms with Crippen LogP contribution in [0, 0.1) is 0 Å². The largest absolute Gasteiger partial charge is 0.486 e. The highest BCUT2D eigenvalue weighted by Crippen LogP contribution is 2.36. The Morgan fingerprint density at radius 2 is 1.14 bits per heavy atom. The van der Waals surface area contributed by atoms with E-state index in [1.54, 1.807) is 0 Å². The van der Waals surface area contributed by atoms with Crippen LogP contribution in [0.15, 0.2) is 66.7 Å². The second kappa shape index (κ2) is 15.7. The van der Waals surface area contributed by atoms with Gasteiger partial charge in [0.2, 0.25) is 0 Å². The Balaban J connectivity index is 0.000000147. The van der Waals surface area contributed by atoms with Crippen LogP contribution < -0.4 is 35.6 Å². The van der Waals surface area contributed by atoms with Crippen molar-refractivity contribution in [1.29, 1.82) is 0 Å². The van der Waals surface area contributed by atoms with Crippen molar-refractivity contribution in [3.63, 3.8) is 0 Å². The quantitative estimate of drug-likeness (QED) is 0.146. The summed E-state index contributed by atoms with van der Waals surface area (Å²) in [4.78, 5) is 12.2. The molecule has 2 aromatic carbocycles. The number of hydrogen-bond acceptors (Lipinski definition) is 10. The van der Waals surface area contributed by atoms with Gasteiger partial charge in [-0.2, -0.15) is 0 Å².